The molecule has 104 valence electrons. The normalized spacial score (nSPS) is 14.2. The highest BCUT2D eigenvalue weighted by Gasteiger charge is 2.30. The van der Waals surface area contributed by atoms with E-state index in [4.69, 9.17) is 5.11 Å². The molecule has 0 fully saturated rings. The van der Waals surface area contributed by atoms with Crippen LogP contribution >= 0.6 is 0 Å². The second-order valence-corrected chi connectivity index (χ2v) is 3.51. The number of ether oxygens (including phenoxy) is 1. The molecule has 0 aliphatic rings. The number of alkyl halides is 2. The number of esters is 1. The number of hydrogen-bond donors (Lipinski definition) is 1. The Labute approximate surface area is 105 Å². The molecule has 0 saturated carbocycles. The van der Waals surface area contributed by atoms with Gasteiger partial charge in [-0.05, 0) is 6.92 Å². The van der Waals surface area contributed by atoms with E-state index in [0.29, 0.717) is 0 Å². The molecule has 0 aromatic carbocycles. The van der Waals surface area contributed by atoms with E-state index >= 15 is 0 Å². The average Bonchev–Trinajstić information content (AvgIpc) is 2.29. The topological polar surface area (TPSA) is 63.6 Å². The van der Waals surface area contributed by atoms with Crippen LogP contribution in [-0.4, -0.2) is 36.0 Å². The van der Waals surface area contributed by atoms with Crippen LogP contribution in [0.4, 0.5) is 8.78 Å². The first kappa shape index (κ1) is 18.6. The molecule has 2 atom stereocenters. The third-order valence-electron chi connectivity index (χ3n) is 1.80. The van der Waals surface area contributed by atoms with E-state index < -0.39 is 23.8 Å². The third kappa shape index (κ3) is 8.43. The van der Waals surface area contributed by atoms with Crippen molar-refractivity contribution in [3.05, 3.63) is 25.3 Å². The molecule has 0 rings (SSSR count). The van der Waals surface area contributed by atoms with Crippen molar-refractivity contribution in [2.24, 2.45) is 0 Å². The Bertz CT molecular complexity index is 298. The Morgan fingerprint density at radius 3 is 2.17 bits per heavy atom. The summed E-state index contributed by atoms with van der Waals surface area (Å²) in [6.45, 7) is 7.51. The molecule has 0 amide bonds. The monoisotopic (exact) mass is 264 g/mol. The molecule has 0 heterocycles. The number of carbonyl (C=O) groups is 2. The molecule has 0 aromatic heterocycles. The van der Waals surface area contributed by atoms with Crippen molar-refractivity contribution in [2.45, 2.75) is 31.6 Å². The van der Waals surface area contributed by atoms with E-state index in [0.717, 1.165) is 14.0 Å². The van der Waals surface area contributed by atoms with Gasteiger partial charge < -0.3 is 9.84 Å². The van der Waals surface area contributed by atoms with E-state index in [1.807, 2.05) is 0 Å². The molecule has 1 N–H and O–H groups in total. The molecule has 0 aliphatic carbocycles. The lowest BCUT2D eigenvalue weighted by molar-refractivity contribution is -0.149. The molecule has 4 nitrogen and oxygen atoms in total. The van der Waals surface area contributed by atoms with E-state index in [1.54, 1.807) is 0 Å². The van der Waals surface area contributed by atoms with E-state index in [2.05, 4.69) is 17.9 Å². The van der Waals surface area contributed by atoms with Crippen molar-refractivity contribution < 1.29 is 28.2 Å². The first-order valence-electron chi connectivity index (χ1n) is 5.08. The third-order valence-corrected chi connectivity index (χ3v) is 1.80. The van der Waals surface area contributed by atoms with Crippen LogP contribution in [-0.2, 0) is 14.3 Å². The number of methoxy groups -OCH3 is 1. The van der Waals surface area contributed by atoms with Crippen LogP contribution in [0.3, 0.4) is 0 Å². The summed E-state index contributed by atoms with van der Waals surface area (Å²) >= 11 is 0. The largest absolute Gasteiger partial charge is 0.479 e. The standard InChI is InChI=1S/2C6H9FO2/c1-3-4-6(2,7)5(8)9;1-3-4-5(7)6(8)9-2/h3H,1,4H2,2H3,(H,8,9);3,5H,1,4H2,2H3. The summed E-state index contributed by atoms with van der Waals surface area (Å²) in [5.74, 6) is -2.28. The average molecular weight is 264 g/mol. The van der Waals surface area contributed by atoms with Crippen molar-refractivity contribution in [3.63, 3.8) is 0 Å². The predicted molar refractivity (Wildman–Crippen MR) is 63.7 cm³/mol. The Kier molecular flexibility index (Phi) is 9.66. The van der Waals surface area contributed by atoms with Crippen LogP contribution in [0.15, 0.2) is 25.3 Å². The van der Waals surface area contributed by atoms with Crippen LogP contribution in [0, 0.1) is 0 Å². The maximum atomic E-state index is 12.5. The number of aliphatic carboxylic acids is 1. The lowest BCUT2D eigenvalue weighted by Gasteiger charge is -2.10. The first-order valence-corrected chi connectivity index (χ1v) is 5.08. The van der Waals surface area contributed by atoms with Gasteiger partial charge in [-0.2, -0.15) is 0 Å². The van der Waals surface area contributed by atoms with Gasteiger partial charge in [0.2, 0.25) is 11.8 Å². The highest BCUT2D eigenvalue weighted by atomic mass is 19.1. The minimum absolute atomic E-state index is 0.0205. The zero-order chi connectivity index (χ0) is 14.8. The summed E-state index contributed by atoms with van der Waals surface area (Å²) in [6.07, 6.45) is 0.901. The maximum absolute atomic E-state index is 12.5. The summed E-state index contributed by atoms with van der Waals surface area (Å²) in [4.78, 5) is 20.2. The Balaban J connectivity index is 0. The van der Waals surface area contributed by atoms with Crippen LogP contribution < -0.4 is 0 Å². The minimum Gasteiger partial charge on any atom is -0.479 e. The van der Waals surface area contributed by atoms with Crippen molar-refractivity contribution in [1.82, 2.24) is 0 Å². The predicted octanol–water partition coefficient (Wildman–Crippen LogP) is 2.45. The molecule has 0 spiro atoms. The molecule has 2 unspecified atom stereocenters. The highest BCUT2D eigenvalue weighted by Crippen LogP contribution is 2.14. The van der Waals surface area contributed by atoms with Gasteiger partial charge in [-0.25, -0.2) is 18.4 Å². The molecule has 0 aliphatic heterocycles. The highest BCUT2D eigenvalue weighted by molar-refractivity contribution is 5.76. The SMILES string of the molecule is C=CCC(C)(F)C(=O)O.C=CCC(F)C(=O)OC. The maximum Gasteiger partial charge on any atom is 0.341 e. The summed E-state index contributed by atoms with van der Waals surface area (Å²) in [5, 5.41) is 8.15. The van der Waals surface area contributed by atoms with Crippen molar-refractivity contribution in [1.29, 1.82) is 0 Å². The Morgan fingerprint density at radius 2 is 1.94 bits per heavy atom. The van der Waals surface area contributed by atoms with Gasteiger partial charge in [-0.3, -0.25) is 0 Å². The summed E-state index contributed by atoms with van der Waals surface area (Å²) in [5.41, 5.74) is -2.15. The summed E-state index contributed by atoms with van der Waals surface area (Å²) in [7, 11) is 1.15. The van der Waals surface area contributed by atoms with Gasteiger partial charge in [0.25, 0.3) is 0 Å². The number of carboxylic acids is 1. The van der Waals surface area contributed by atoms with Gasteiger partial charge in [0.15, 0.2) is 0 Å². The number of carboxylic acid groups (broad SMARTS) is 1. The Morgan fingerprint density at radius 1 is 1.44 bits per heavy atom. The number of carbonyl (C=O) groups excluding carboxylic acids is 1. The smallest absolute Gasteiger partial charge is 0.341 e. The molecule has 0 radical (unpaired) electrons. The van der Waals surface area contributed by atoms with Gasteiger partial charge in [0, 0.05) is 12.8 Å². The van der Waals surface area contributed by atoms with Crippen molar-refractivity contribution in [2.75, 3.05) is 7.11 Å². The number of allylic oxidation sites excluding steroid dienone is 2. The Hall–Kier alpha value is -1.72. The molecular weight excluding hydrogens is 246 g/mol. The fraction of sp³-hybridized carbons (Fsp3) is 0.500. The second-order valence-electron chi connectivity index (χ2n) is 3.51. The molecule has 18 heavy (non-hydrogen) atoms. The van der Waals surface area contributed by atoms with Crippen molar-refractivity contribution >= 4 is 11.9 Å². The van der Waals surface area contributed by atoms with E-state index in [1.165, 1.54) is 12.2 Å². The van der Waals surface area contributed by atoms with E-state index in [9.17, 15) is 18.4 Å². The lowest BCUT2D eigenvalue weighted by Crippen LogP contribution is -2.28. The lowest BCUT2D eigenvalue weighted by atomic mass is 10.1. The number of hydrogen-bond acceptors (Lipinski definition) is 3. The van der Waals surface area contributed by atoms with Gasteiger partial charge in [0.05, 0.1) is 7.11 Å². The van der Waals surface area contributed by atoms with Gasteiger partial charge in [0.1, 0.15) is 0 Å². The van der Waals surface area contributed by atoms with Crippen molar-refractivity contribution in [3.8, 4) is 0 Å². The van der Waals surface area contributed by atoms with Crippen LogP contribution in [0.5, 0.6) is 0 Å². The van der Waals surface area contributed by atoms with Gasteiger partial charge in [-0.15, -0.1) is 13.2 Å². The molecule has 0 bridgehead atoms. The van der Waals surface area contributed by atoms with Crippen LogP contribution in [0.2, 0.25) is 0 Å². The first-order chi connectivity index (χ1) is 8.22. The summed E-state index contributed by atoms with van der Waals surface area (Å²) < 4.78 is 28.9. The van der Waals surface area contributed by atoms with Crippen LogP contribution in [0.25, 0.3) is 0 Å². The number of halogens is 2. The molecule has 0 aromatic rings. The number of rotatable bonds is 6. The minimum atomic E-state index is -2.15. The van der Waals surface area contributed by atoms with E-state index in [-0.39, 0.29) is 12.8 Å². The zero-order valence-electron chi connectivity index (χ0n) is 10.5. The second kappa shape index (κ2) is 9.32. The molecule has 6 heteroatoms. The zero-order valence-corrected chi connectivity index (χ0v) is 10.5. The fourth-order valence-electron chi connectivity index (χ4n) is 0.729. The van der Waals surface area contributed by atoms with Crippen LogP contribution in [0.1, 0.15) is 19.8 Å². The van der Waals surface area contributed by atoms with Gasteiger partial charge >= 0.3 is 11.9 Å². The molecule has 0 saturated heterocycles. The molecular formula is C12H18F2O4. The fourth-order valence-corrected chi connectivity index (χ4v) is 0.729. The van der Waals surface area contributed by atoms with Gasteiger partial charge in [-0.1, -0.05) is 12.2 Å². The quantitative estimate of drug-likeness (QED) is 0.591. The summed E-state index contributed by atoms with van der Waals surface area (Å²) in [6, 6.07) is 0.